The van der Waals surface area contributed by atoms with E-state index < -0.39 is 0 Å². The van der Waals surface area contributed by atoms with E-state index in [0.717, 1.165) is 19.3 Å². The number of hydrogen-bond donors (Lipinski definition) is 1. The van der Waals surface area contributed by atoms with Gasteiger partial charge in [-0.1, -0.05) is 0 Å². The van der Waals surface area contributed by atoms with E-state index in [1.54, 1.807) is 24.1 Å². The molecule has 100 valence electrons. The van der Waals surface area contributed by atoms with Gasteiger partial charge in [0.1, 0.15) is 0 Å². The highest BCUT2D eigenvalue weighted by atomic mass is 35.5. The molecule has 0 radical (unpaired) electrons. The van der Waals surface area contributed by atoms with Crippen molar-refractivity contribution >= 4 is 17.4 Å². The van der Waals surface area contributed by atoms with Gasteiger partial charge >= 0.3 is 0 Å². The van der Waals surface area contributed by atoms with Crippen LogP contribution in [-0.2, 0) is 4.74 Å². The number of halogens is 1. The van der Waals surface area contributed by atoms with Gasteiger partial charge in [-0.25, -0.2) is 4.98 Å². The third-order valence-electron chi connectivity index (χ3n) is 3.01. The first-order valence-electron chi connectivity index (χ1n) is 6.15. The lowest BCUT2D eigenvalue weighted by Crippen LogP contribution is -2.30. The lowest BCUT2D eigenvalue weighted by atomic mass is 10.2. The topological polar surface area (TPSA) is 56.1 Å². The summed E-state index contributed by atoms with van der Waals surface area (Å²) in [7, 11) is 1.64. The fraction of sp³-hybridized carbons (Fsp3) is 0.667. The van der Waals surface area contributed by atoms with Crippen LogP contribution in [0.1, 0.15) is 25.3 Å². The second-order valence-corrected chi connectivity index (χ2v) is 4.81. The maximum Gasteiger partial charge on any atom is 0.293 e. The zero-order chi connectivity index (χ0) is 13.0. The van der Waals surface area contributed by atoms with Gasteiger partial charge in [-0.05, 0) is 19.3 Å². The number of aromatic nitrogens is 2. The lowest BCUT2D eigenvalue weighted by molar-refractivity contribution is 0.191. The predicted octanol–water partition coefficient (Wildman–Crippen LogP) is 1.63. The van der Waals surface area contributed by atoms with Gasteiger partial charge in [0.05, 0.1) is 0 Å². The Morgan fingerprint density at radius 3 is 3.06 bits per heavy atom. The zero-order valence-corrected chi connectivity index (χ0v) is 11.2. The molecule has 0 aliphatic heterocycles. The van der Waals surface area contributed by atoms with Crippen molar-refractivity contribution in [3.8, 4) is 0 Å². The number of rotatable bonds is 7. The van der Waals surface area contributed by atoms with E-state index in [1.165, 1.54) is 0 Å². The Balaban J connectivity index is 2.07. The molecule has 0 aromatic carbocycles. The number of ether oxygens (including phenoxy) is 1. The third kappa shape index (κ3) is 3.23. The largest absolute Gasteiger partial charge is 0.385 e. The molecule has 6 heteroatoms. The zero-order valence-electron chi connectivity index (χ0n) is 10.4. The molecule has 1 fully saturated rings. The van der Waals surface area contributed by atoms with Crippen molar-refractivity contribution in [1.82, 2.24) is 9.55 Å². The molecule has 2 rings (SSSR count). The van der Waals surface area contributed by atoms with Crippen molar-refractivity contribution in [2.24, 2.45) is 0 Å². The van der Waals surface area contributed by atoms with Gasteiger partial charge in [0.2, 0.25) is 0 Å². The van der Waals surface area contributed by atoms with Crippen molar-refractivity contribution in [2.75, 3.05) is 24.9 Å². The molecule has 1 aromatic heterocycles. The van der Waals surface area contributed by atoms with Crippen LogP contribution in [0.3, 0.4) is 0 Å². The van der Waals surface area contributed by atoms with Crippen molar-refractivity contribution < 1.29 is 4.74 Å². The SMILES string of the molecule is COCCC(CCl)Nc1nccn(C2CC2)c1=O. The number of methoxy groups -OCH3 is 1. The summed E-state index contributed by atoms with van der Waals surface area (Å²) >= 11 is 5.87. The van der Waals surface area contributed by atoms with Crippen LogP contribution in [0.4, 0.5) is 5.82 Å². The van der Waals surface area contributed by atoms with Crippen molar-refractivity contribution in [3.05, 3.63) is 22.7 Å². The molecule has 1 aliphatic rings. The van der Waals surface area contributed by atoms with Crippen molar-refractivity contribution in [1.29, 1.82) is 0 Å². The van der Waals surface area contributed by atoms with Crippen LogP contribution in [-0.4, -0.2) is 35.2 Å². The number of alkyl halides is 1. The molecule has 1 N–H and O–H groups in total. The van der Waals surface area contributed by atoms with Gasteiger partial charge in [0.15, 0.2) is 5.82 Å². The Kier molecular flexibility index (Phi) is 4.60. The molecular weight excluding hydrogens is 254 g/mol. The molecule has 1 aromatic rings. The number of anilines is 1. The normalized spacial score (nSPS) is 16.6. The van der Waals surface area contributed by atoms with E-state index in [1.807, 2.05) is 0 Å². The summed E-state index contributed by atoms with van der Waals surface area (Å²) in [5, 5.41) is 3.10. The lowest BCUT2D eigenvalue weighted by Gasteiger charge is -2.16. The average molecular weight is 272 g/mol. The van der Waals surface area contributed by atoms with Gasteiger partial charge in [-0.2, -0.15) is 0 Å². The van der Waals surface area contributed by atoms with Crippen molar-refractivity contribution in [3.63, 3.8) is 0 Å². The Bertz CT molecular complexity index is 445. The van der Waals surface area contributed by atoms with Crippen LogP contribution in [0.2, 0.25) is 0 Å². The molecule has 1 saturated carbocycles. The summed E-state index contributed by atoms with van der Waals surface area (Å²) in [5.41, 5.74) is -0.0625. The minimum absolute atomic E-state index is 0.00173. The van der Waals surface area contributed by atoms with E-state index in [-0.39, 0.29) is 11.6 Å². The Morgan fingerprint density at radius 1 is 1.67 bits per heavy atom. The Hall–Kier alpha value is -1.07. The van der Waals surface area contributed by atoms with Crippen LogP contribution < -0.4 is 10.9 Å². The second kappa shape index (κ2) is 6.20. The van der Waals surface area contributed by atoms with E-state index in [0.29, 0.717) is 24.3 Å². The molecule has 0 saturated heterocycles. The van der Waals surface area contributed by atoms with Gasteiger partial charge in [-0.15, -0.1) is 11.6 Å². The van der Waals surface area contributed by atoms with Crippen molar-refractivity contribution in [2.45, 2.75) is 31.3 Å². The van der Waals surface area contributed by atoms with Crippen LogP contribution in [0.5, 0.6) is 0 Å². The summed E-state index contributed by atoms with van der Waals surface area (Å²) in [6, 6.07) is 0.358. The van der Waals surface area contributed by atoms with Gasteiger partial charge < -0.3 is 14.6 Å². The molecule has 1 atom stereocenters. The van der Waals surface area contributed by atoms with E-state index in [2.05, 4.69) is 10.3 Å². The highest BCUT2D eigenvalue weighted by Crippen LogP contribution is 2.33. The standard InChI is InChI=1S/C12H18ClN3O2/c1-18-7-4-9(8-13)15-11-12(17)16(6-5-14-11)10-2-3-10/h5-6,9-10H,2-4,7-8H2,1H3,(H,14,15). The average Bonchev–Trinajstić information content (AvgIpc) is 3.20. The third-order valence-corrected chi connectivity index (χ3v) is 3.38. The minimum atomic E-state index is -0.0625. The summed E-state index contributed by atoms with van der Waals surface area (Å²) in [6.07, 6.45) is 6.30. The monoisotopic (exact) mass is 271 g/mol. The quantitative estimate of drug-likeness (QED) is 0.766. The van der Waals surface area contributed by atoms with E-state index >= 15 is 0 Å². The fourth-order valence-electron chi connectivity index (χ4n) is 1.81. The Morgan fingerprint density at radius 2 is 2.44 bits per heavy atom. The molecule has 0 spiro atoms. The van der Waals surface area contributed by atoms with Gasteiger partial charge in [-0.3, -0.25) is 4.79 Å². The van der Waals surface area contributed by atoms with Crippen LogP contribution >= 0.6 is 11.6 Å². The first kappa shape index (κ1) is 13.4. The first-order chi connectivity index (χ1) is 8.76. The maximum absolute atomic E-state index is 12.1. The highest BCUT2D eigenvalue weighted by Gasteiger charge is 2.25. The molecule has 0 bridgehead atoms. The Labute approximate surface area is 111 Å². The smallest absolute Gasteiger partial charge is 0.293 e. The summed E-state index contributed by atoms with van der Waals surface area (Å²) in [6.45, 7) is 0.605. The molecule has 1 aliphatic carbocycles. The molecule has 0 amide bonds. The first-order valence-corrected chi connectivity index (χ1v) is 6.68. The number of nitrogens with one attached hydrogen (secondary N) is 1. The number of nitrogens with zero attached hydrogens (tertiary/aromatic N) is 2. The summed E-state index contributed by atoms with van der Waals surface area (Å²) in [5.74, 6) is 0.800. The minimum Gasteiger partial charge on any atom is -0.385 e. The van der Waals surface area contributed by atoms with Gasteiger partial charge in [0, 0.05) is 44.1 Å². The fourth-order valence-corrected chi connectivity index (χ4v) is 2.04. The maximum atomic E-state index is 12.1. The molecule has 18 heavy (non-hydrogen) atoms. The second-order valence-electron chi connectivity index (χ2n) is 4.50. The van der Waals surface area contributed by atoms with E-state index in [4.69, 9.17) is 16.3 Å². The molecular formula is C12H18ClN3O2. The molecule has 1 heterocycles. The number of hydrogen-bond acceptors (Lipinski definition) is 4. The van der Waals surface area contributed by atoms with E-state index in [9.17, 15) is 4.79 Å². The molecule has 1 unspecified atom stereocenters. The van der Waals surface area contributed by atoms with Crippen LogP contribution in [0.15, 0.2) is 17.2 Å². The van der Waals surface area contributed by atoms with Gasteiger partial charge in [0.25, 0.3) is 5.56 Å². The molecule has 5 nitrogen and oxygen atoms in total. The predicted molar refractivity (Wildman–Crippen MR) is 71.4 cm³/mol. The van der Waals surface area contributed by atoms with Crippen LogP contribution in [0.25, 0.3) is 0 Å². The summed E-state index contributed by atoms with van der Waals surface area (Å²) in [4.78, 5) is 16.2. The summed E-state index contributed by atoms with van der Waals surface area (Å²) < 4.78 is 6.76. The highest BCUT2D eigenvalue weighted by molar-refractivity contribution is 6.18. The van der Waals surface area contributed by atoms with Crippen LogP contribution in [0, 0.1) is 0 Å².